The molecule has 8 heteroatoms. The average Bonchev–Trinajstić information content (AvgIpc) is 3.09. The third kappa shape index (κ3) is 5.24. The zero-order chi connectivity index (χ0) is 17.4. The Labute approximate surface area is 146 Å². The Morgan fingerprint density at radius 1 is 1.50 bits per heavy atom. The van der Waals surface area contributed by atoms with Crippen LogP contribution in [0.1, 0.15) is 48.5 Å². The van der Waals surface area contributed by atoms with E-state index in [4.69, 9.17) is 9.15 Å². The second kappa shape index (κ2) is 9.68. The lowest BCUT2D eigenvalue weighted by atomic mass is 9.98. The third-order valence-corrected chi connectivity index (χ3v) is 4.57. The van der Waals surface area contributed by atoms with Crippen molar-refractivity contribution >= 4 is 23.6 Å². The molecule has 0 spiro atoms. The maximum atomic E-state index is 12.4. The van der Waals surface area contributed by atoms with Gasteiger partial charge in [0, 0.05) is 5.92 Å². The molecule has 0 bridgehead atoms. The molecular formula is C16H25N3O4S. The molecule has 1 aromatic rings. The molecule has 1 atom stereocenters. The van der Waals surface area contributed by atoms with Crippen molar-refractivity contribution in [3.05, 3.63) is 17.8 Å². The first-order valence-electron chi connectivity index (χ1n) is 8.28. The zero-order valence-electron chi connectivity index (χ0n) is 14.2. The summed E-state index contributed by atoms with van der Waals surface area (Å²) in [6, 6.07) is -0.663. The highest BCUT2D eigenvalue weighted by atomic mass is 32.2. The van der Waals surface area contributed by atoms with Crippen LogP contribution in [0.15, 0.2) is 10.7 Å². The van der Waals surface area contributed by atoms with Gasteiger partial charge in [-0.15, -0.1) is 0 Å². The summed E-state index contributed by atoms with van der Waals surface area (Å²) in [6.07, 6.45) is 5.72. The first kappa shape index (κ1) is 18.8. The minimum absolute atomic E-state index is 0.210. The lowest BCUT2D eigenvalue weighted by Crippen LogP contribution is -2.42. The Balaban J connectivity index is 1.98. The summed E-state index contributed by atoms with van der Waals surface area (Å²) in [7, 11) is 0. The van der Waals surface area contributed by atoms with Crippen LogP contribution in [0.3, 0.4) is 0 Å². The average molecular weight is 355 g/mol. The van der Waals surface area contributed by atoms with Crippen molar-refractivity contribution in [2.45, 2.75) is 38.1 Å². The van der Waals surface area contributed by atoms with Gasteiger partial charge in [0.1, 0.15) is 12.3 Å². The summed E-state index contributed by atoms with van der Waals surface area (Å²) in [5.74, 6) is 0.770. The molecule has 7 nitrogen and oxygen atoms in total. The number of hydrogen-bond donors (Lipinski definition) is 2. The summed E-state index contributed by atoms with van der Waals surface area (Å²) in [5.41, 5.74) is 0.210. The van der Waals surface area contributed by atoms with Gasteiger partial charge in [0.15, 0.2) is 11.6 Å². The molecule has 1 saturated heterocycles. The molecule has 1 aromatic heterocycles. The molecule has 1 aliphatic rings. The molecule has 134 valence electrons. The molecule has 2 rings (SSSR count). The number of piperidine rings is 1. The van der Waals surface area contributed by atoms with Crippen molar-refractivity contribution in [2.75, 3.05) is 31.7 Å². The first-order chi connectivity index (χ1) is 11.7. The first-order valence-corrected chi connectivity index (χ1v) is 9.67. The number of aromatic nitrogens is 1. The fourth-order valence-corrected chi connectivity index (χ4v) is 3.08. The van der Waals surface area contributed by atoms with Gasteiger partial charge >= 0.3 is 5.97 Å². The number of oxazole rings is 1. The molecule has 1 fully saturated rings. The van der Waals surface area contributed by atoms with Crippen LogP contribution in [0.4, 0.5) is 0 Å². The molecule has 0 saturated carbocycles. The number of rotatable bonds is 8. The van der Waals surface area contributed by atoms with Gasteiger partial charge in [-0.2, -0.15) is 11.8 Å². The van der Waals surface area contributed by atoms with Crippen molar-refractivity contribution in [3.63, 3.8) is 0 Å². The Hall–Kier alpha value is -1.54. The number of amides is 1. The van der Waals surface area contributed by atoms with Gasteiger partial charge in [-0.3, -0.25) is 4.79 Å². The van der Waals surface area contributed by atoms with E-state index in [-0.39, 0.29) is 18.2 Å². The molecule has 1 unspecified atom stereocenters. The SMILES string of the molecule is CCOC(=O)C(CCSC)NC(=O)c1coc(C2CCNCC2)n1. The third-order valence-electron chi connectivity index (χ3n) is 3.93. The quantitative estimate of drug-likeness (QED) is 0.683. The number of carbonyl (C=O) groups is 2. The number of carbonyl (C=O) groups excluding carboxylic acids is 2. The number of hydrogen-bond acceptors (Lipinski definition) is 7. The maximum Gasteiger partial charge on any atom is 0.328 e. The van der Waals surface area contributed by atoms with Crippen molar-refractivity contribution in [1.29, 1.82) is 0 Å². The minimum Gasteiger partial charge on any atom is -0.464 e. The highest BCUT2D eigenvalue weighted by molar-refractivity contribution is 7.98. The predicted octanol–water partition coefficient (Wildman–Crippen LogP) is 1.56. The molecule has 1 amide bonds. The monoisotopic (exact) mass is 355 g/mol. The number of nitrogens with one attached hydrogen (secondary N) is 2. The molecule has 0 radical (unpaired) electrons. The van der Waals surface area contributed by atoms with Crippen LogP contribution in [-0.4, -0.2) is 54.6 Å². The van der Waals surface area contributed by atoms with E-state index in [1.54, 1.807) is 18.7 Å². The van der Waals surface area contributed by atoms with E-state index in [0.717, 1.165) is 31.7 Å². The van der Waals surface area contributed by atoms with Gasteiger partial charge < -0.3 is 19.8 Å². The van der Waals surface area contributed by atoms with E-state index in [1.165, 1.54) is 6.26 Å². The van der Waals surface area contributed by atoms with Crippen molar-refractivity contribution in [3.8, 4) is 0 Å². The molecule has 1 aliphatic heterocycles. The number of esters is 1. The van der Waals surface area contributed by atoms with E-state index >= 15 is 0 Å². The maximum absolute atomic E-state index is 12.4. The topological polar surface area (TPSA) is 93.5 Å². The van der Waals surface area contributed by atoms with Crippen LogP contribution < -0.4 is 10.6 Å². The van der Waals surface area contributed by atoms with Crippen LogP contribution in [0, 0.1) is 0 Å². The van der Waals surface area contributed by atoms with E-state index in [9.17, 15) is 9.59 Å². The highest BCUT2D eigenvalue weighted by Crippen LogP contribution is 2.24. The lowest BCUT2D eigenvalue weighted by molar-refractivity contribution is -0.145. The highest BCUT2D eigenvalue weighted by Gasteiger charge is 2.25. The Kier molecular flexibility index (Phi) is 7.58. The van der Waals surface area contributed by atoms with Crippen molar-refractivity contribution in [2.24, 2.45) is 0 Å². The van der Waals surface area contributed by atoms with Crippen molar-refractivity contribution in [1.82, 2.24) is 15.6 Å². The summed E-state index contributed by atoms with van der Waals surface area (Å²) in [4.78, 5) is 28.6. The molecule has 2 heterocycles. The summed E-state index contributed by atoms with van der Waals surface area (Å²) in [6.45, 7) is 3.88. The fourth-order valence-electron chi connectivity index (χ4n) is 2.61. The lowest BCUT2D eigenvalue weighted by Gasteiger charge is -2.19. The van der Waals surface area contributed by atoms with E-state index in [0.29, 0.717) is 12.3 Å². The number of nitrogens with zero attached hydrogens (tertiary/aromatic N) is 1. The second-order valence-corrected chi connectivity index (χ2v) is 6.64. The standard InChI is InChI=1S/C16H25N3O4S/c1-3-22-16(21)12(6-9-24-2)18-14(20)13-10-23-15(19-13)11-4-7-17-8-5-11/h10-12,17H,3-9H2,1-2H3,(H,18,20). The van der Waals surface area contributed by atoms with Crippen LogP contribution in [0.25, 0.3) is 0 Å². The van der Waals surface area contributed by atoms with Gasteiger partial charge in [-0.25, -0.2) is 9.78 Å². The Morgan fingerprint density at radius 3 is 2.92 bits per heavy atom. The molecule has 2 N–H and O–H groups in total. The van der Waals surface area contributed by atoms with Gasteiger partial charge in [0.05, 0.1) is 6.61 Å². The molecule has 0 aromatic carbocycles. The normalized spacial score (nSPS) is 16.6. The van der Waals surface area contributed by atoms with Crippen LogP contribution >= 0.6 is 11.8 Å². The molecule has 0 aliphatic carbocycles. The van der Waals surface area contributed by atoms with Gasteiger partial charge in [-0.05, 0) is 51.3 Å². The van der Waals surface area contributed by atoms with E-state index in [2.05, 4.69) is 15.6 Å². The second-order valence-electron chi connectivity index (χ2n) is 5.65. The fraction of sp³-hybridized carbons (Fsp3) is 0.688. The summed E-state index contributed by atoms with van der Waals surface area (Å²) in [5, 5.41) is 5.99. The predicted molar refractivity (Wildman–Crippen MR) is 92.2 cm³/mol. The van der Waals surface area contributed by atoms with Crippen LogP contribution in [0.5, 0.6) is 0 Å². The molecular weight excluding hydrogens is 330 g/mol. The smallest absolute Gasteiger partial charge is 0.328 e. The van der Waals surface area contributed by atoms with E-state index in [1.807, 2.05) is 6.26 Å². The Bertz CT molecular complexity index is 543. The van der Waals surface area contributed by atoms with Crippen LogP contribution in [-0.2, 0) is 9.53 Å². The summed E-state index contributed by atoms with van der Waals surface area (Å²) >= 11 is 1.61. The van der Waals surface area contributed by atoms with Gasteiger partial charge in [-0.1, -0.05) is 0 Å². The van der Waals surface area contributed by atoms with Crippen molar-refractivity contribution < 1.29 is 18.7 Å². The number of ether oxygens (including phenoxy) is 1. The minimum atomic E-state index is -0.663. The summed E-state index contributed by atoms with van der Waals surface area (Å²) < 4.78 is 10.5. The van der Waals surface area contributed by atoms with Gasteiger partial charge in [0.25, 0.3) is 5.91 Å². The number of thioether (sulfide) groups is 1. The van der Waals surface area contributed by atoms with Gasteiger partial charge in [0.2, 0.25) is 0 Å². The molecule has 24 heavy (non-hydrogen) atoms. The van der Waals surface area contributed by atoms with Crippen LogP contribution in [0.2, 0.25) is 0 Å². The largest absolute Gasteiger partial charge is 0.464 e. The zero-order valence-corrected chi connectivity index (χ0v) is 15.0. The van der Waals surface area contributed by atoms with E-state index < -0.39 is 17.9 Å². The Morgan fingerprint density at radius 2 is 2.25 bits per heavy atom.